The first kappa shape index (κ1) is 17.1. The zero-order valence-corrected chi connectivity index (χ0v) is 12.3. The summed E-state index contributed by atoms with van der Waals surface area (Å²) in [4.78, 5) is 10.7. The molecule has 1 radical (unpaired) electrons. The van der Waals surface area contributed by atoms with Crippen LogP contribution in [0.15, 0.2) is 0 Å². The molecule has 0 aliphatic carbocycles. The SMILES string of the molecule is CCOC(CCOC)C(C)(C)[C-]=O.[Y]. The van der Waals surface area contributed by atoms with E-state index < -0.39 is 5.41 Å². The van der Waals surface area contributed by atoms with E-state index in [-0.39, 0.29) is 38.8 Å². The number of methoxy groups -OCH3 is 1. The van der Waals surface area contributed by atoms with Crippen molar-refractivity contribution in [2.24, 2.45) is 5.41 Å². The molecule has 0 aromatic heterocycles. The van der Waals surface area contributed by atoms with Gasteiger partial charge < -0.3 is 14.3 Å². The van der Waals surface area contributed by atoms with Gasteiger partial charge in [0.15, 0.2) is 0 Å². The summed E-state index contributed by atoms with van der Waals surface area (Å²) in [7, 11) is 1.64. The van der Waals surface area contributed by atoms with E-state index in [0.29, 0.717) is 13.2 Å². The third kappa shape index (κ3) is 6.23. The Balaban J connectivity index is 0. The Morgan fingerprint density at radius 3 is 2.36 bits per heavy atom. The van der Waals surface area contributed by atoms with Gasteiger partial charge in [0.2, 0.25) is 0 Å². The molecule has 0 aromatic rings. The van der Waals surface area contributed by atoms with Crippen LogP contribution in [0.25, 0.3) is 0 Å². The molecule has 0 amide bonds. The van der Waals surface area contributed by atoms with E-state index in [4.69, 9.17) is 9.47 Å². The standard InChI is InChI=1S/C10H19O3.Y/c1-5-13-9(6-7-12-4)10(2,3)8-11;/h9H,5-7H2,1-4H3;/q-1;. The molecule has 0 fully saturated rings. The third-order valence-corrected chi connectivity index (χ3v) is 2.02. The number of hydrogen-bond acceptors (Lipinski definition) is 3. The Kier molecular flexibility index (Phi) is 10.9. The summed E-state index contributed by atoms with van der Waals surface area (Å²) in [6, 6.07) is 0. The molecule has 0 aliphatic heterocycles. The first-order valence-corrected chi connectivity index (χ1v) is 4.58. The maximum absolute atomic E-state index is 10.7. The molecular weight excluding hydrogens is 257 g/mol. The van der Waals surface area contributed by atoms with Crippen LogP contribution < -0.4 is 0 Å². The van der Waals surface area contributed by atoms with Crippen LogP contribution in [-0.4, -0.2) is 32.7 Å². The molecule has 0 bridgehead atoms. The van der Waals surface area contributed by atoms with E-state index in [9.17, 15) is 4.79 Å². The Hall–Kier alpha value is 0.694. The van der Waals surface area contributed by atoms with Crippen molar-refractivity contribution in [3.05, 3.63) is 0 Å². The summed E-state index contributed by atoms with van der Waals surface area (Å²) in [6.45, 7) is 6.79. The number of hydrogen-bond donors (Lipinski definition) is 0. The van der Waals surface area contributed by atoms with E-state index in [1.807, 2.05) is 27.1 Å². The monoisotopic (exact) mass is 276 g/mol. The molecule has 3 nitrogen and oxygen atoms in total. The molecule has 0 N–H and O–H groups in total. The number of rotatable bonds is 7. The minimum atomic E-state index is -0.547. The second kappa shape index (κ2) is 8.96. The van der Waals surface area contributed by atoms with Crippen LogP contribution in [0.5, 0.6) is 0 Å². The van der Waals surface area contributed by atoms with Crippen LogP contribution in [0.3, 0.4) is 0 Å². The molecule has 4 heteroatoms. The van der Waals surface area contributed by atoms with Crippen molar-refractivity contribution in [2.45, 2.75) is 33.3 Å². The third-order valence-electron chi connectivity index (χ3n) is 2.02. The van der Waals surface area contributed by atoms with Crippen LogP contribution in [-0.2, 0) is 47.0 Å². The maximum Gasteiger partial charge on any atom is 0.0486 e. The predicted molar refractivity (Wildman–Crippen MR) is 51.4 cm³/mol. The predicted octanol–water partition coefficient (Wildman–Crippen LogP) is 1.56. The van der Waals surface area contributed by atoms with Gasteiger partial charge in [0, 0.05) is 59.1 Å². The minimum Gasteiger partial charge on any atom is -0.541 e. The molecule has 0 spiro atoms. The van der Waals surface area contributed by atoms with Crippen LogP contribution in [0.2, 0.25) is 0 Å². The van der Waals surface area contributed by atoms with Gasteiger partial charge in [-0.25, -0.2) is 0 Å². The van der Waals surface area contributed by atoms with E-state index in [0.717, 1.165) is 6.42 Å². The van der Waals surface area contributed by atoms with Crippen molar-refractivity contribution in [1.82, 2.24) is 0 Å². The van der Waals surface area contributed by atoms with E-state index in [2.05, 4.69) is 0 Å². The molecule has 0 aromatic carbocycles. The van der Waals surface area contributed by atoms with Gasteiger partial charge in [-0.05, 0) is 13.3 Å². The molecule has 1 atom stereocenters. The second-order valence-corrected chi connectivity index (χ2v) is 3.55. The second-order valence-electron chi connectivity index (χ2n) is 3.55. The van der Waals surface area contributed by atoms with Crippen molar-refractivity contribution < 1.29 is 47.0 Å². The van der Waals surface area contributed by atoms with Crippen molar-refractivity contribution in [1.29, 1.82) is 0 Å². The Bertz CT molecular complexity index is 148. The van der Waals surface area contributed by atoms with Gasteiger partial charge in [-0.2, -0.15) is 0 Å². The number of carbonyl (C=O) groups excluding carboxylic acids is 1. The molecule has 1 unspecified atom stereocenters. The fourth-order valence-electron chi connectivity index (χ4n) is 1.14. The van der Waals surface area contributed by atoms with Crippen molar-refractivity contribution >= 4 is 6.29 Å². The summed E-state index contributed by atoms with van der Waals surface area (Å²) >= 11 is 0. The molecule has 0 heterocycles. The smallest absolute Gasteiger partial charge is 0.0486 e. The Morgan fingerprint density at radius 2 is 2.00 bits per heavy atom. The van der Waals surface area contributed by atoms with Crippen LogP contribution >= 0.6 is 0 Å². The number of ether oxygens (including phenoxy) is 2. The van der Waals surface area contributed by atoms with Gasteiger partial charge in [0.1, 0.15) is 0 Å². The Labute approximate surface area is 112 Å². The van der Waals surface area contributed by atoms with Gasteiger partial charge in [0.05, 0.1) is 0 Å². The fraction of sp³-hybridized carbons (Fsp3) is 0.900. The molecule has 14 heavy (non-hydrogen) atoms. The molecule has 0 saturated carbocycles. The summed E-state index contributed by atoms with van der Waals surface area (Å²) in [5.41, 5.74) is -0.547. The van der Waals surface area contributed by atoms with Gasteiger partial charge in [-0.1, -0.05) is 13.8 Å². The van der Waals surface area contributed by atoms with Gasteiger partial charge in [-0.3, -0.25) is 6.29 Å². The first-order valence-electron chi connectivity index (χ1n) is 4.58. The molecule has 81 valence electrons. The largest absolute Gasteiger partial charge is 0.541 e. The first-order chi connectivity index (χ1) is 6.08. The van der Waals surface area contributed by atoms with E-state index >= 15 is 0 Å². The van der Waals surface area contributed by atoms with Crippen LogP contribution in [0, 0.1) is 5.41 Å². The topological polar surface area (TPSA) is 35.5 Å². The van der Waals surface area contributed by atoms with Gasteiger partial charge in [0.25, 0.3) is 0 Å². The van der Waals surface area contributed by atoms with Crippen molar-refractivity contribution in [2.75, 3.05) is 20.3 Å². The van der Waals surface area contributed by atoms with Crippen molar-refractivity contribution in [3.8, 4) is 0 Å². The van der Waals surface area contributed by atoms with E-state index in [1.54, 1.807) is 7.11 Å². The zero-order valence-electron chi connectivity index (χ0n) is 9.50. The summed E-state index contributed by atoms with van der Waals surface area (Å²) in [6.07, 6.45) is 2.63. The van der Waals surface area contributed by atoms with E-state index in [1.165, 1.54) is 0 Å². The quantitative estimate of drug-likeness (QED) is 0.662. The molecule has 0 saturated heterocycles. The fourth-order valence-corrected chi connectivity index (χ4v) is 1.14. The van der Waals surface area contributed by atoms with Crippen molar-refractivity contribution in [3.63, 3.8) is 0 Å². The average molecular weight is 276 g/mol. The zero-order chi connectivity index (χ0) is 10.3. The van der Waals surface area contributed by atoms with Crippen LogP contribution in [0.4, 0.5) is 0 Å². The molecular formula is C10H19O3Y-. The summed E-state index contributed by atoms with van der Waals surface area (Å²) < 4.78 is 10.4. The molecule has 0 rings (SSSR count). The Morgan fingerprint density at radius 1 is 1.43 bits per heavy atom. The van der Waals surface area contributed by atoms with Crippen LogP contribution in [0.1, 0.15) is 27.2 Å². The van der Waals surface area contributed by atoms with Gasteiger partial charge in [-0.15, -0.1) is 5.41 Å². The minimum absolute atomic E-state index is 0. The average Bonchev–Trinajstić information content (AvgIpc) is 2.12. The van der Waals surface area contributed by atoms with Gasteiger partial charge >= 0.3 is 0 Å². The normalized spacial score (nSPS) is 13.1. The maximum atomic E-state index is 10.7. The summed E-state index contributed by atoms with van der Waals surface area (Å²) in [5.74, 6) is 0. The molecule has 0 aliphatic rings. The summed E-state index contributed by atoms with van der Waals surface area (Å²) in [5, 5.41) is 0.